The Morgan fingerprint density at radius 2 is 2.10 bits per heavy atom. The molecular weight excluding hydrogens is 282 g/mol. The number of aryl methyl sites for hydroxylation is 1. The topological polar surface area (TPSA) is 43.8 Å². The van der Waals surface area contributed by atoms with Crippen LogP contribution in [0.25, 0.3) is 0 Å². The van der Waals surface area contributed by atoms with Gasteiger partial charge in [0.25, 0.3) is 0 Å². The molecule has 3 rings (SSSR count). The van der Waals surface area contributed by atoms with Gasteiger partial charge in [-0.1, -0.05) is 36.6 Å². The van der Waals surface area contributed by atoms with Crippen molar-refractivity contribution in [1.82, 2.24) is 9.78 Å². The van der Waals surface area contributed by atoms with Gasteiger partial charge in [0.05, 0.1) is 11.7 Å². The van der Waals surface area contributed by atoms with Crippen LogP contribution >= 0.6 is 11.6 Å². The van der Waals surface area contributed by atoms with Crippen LogP contribution in [-0.4, -0.2) is 9.78 Å². The predicted octanol–water partition coefficient (Wildman–Crippen LogP) is 4.20. The molecule has 1 aromatic carbocycles. The van der Waals surface area contributed by atoms with E-state index in [9.17, 15) is 0 Å². The molecular formula is C17H22ClN3. The van der Waals surface area contributed by atoms with Gasteiger partial charge in [-0.3, -0.25) is 4.68 Å². The fourth-order valence-electron chi connectivity index (χ4n) is 3.13. The van der Waals surface area contributed by atoms with Crippen LogP contribution in [0.2, 0.25) is 5.02 Å². The summed E-state index contributed by atoms with van der Waals surface area (Å²) < 4.78 is 2.12. The second kappa shape index (κ2) is 6.20. The van der Waals surface area contributed by atoms with Gasteiger partial charge in [0.15, 0.2) is 0 Å². The molecule has 0 radical (unpaired) electrons. The minimum atomic E-state index is -0.106. The molecule has 0 saturated heterocycles. The molecule has 21 heavy (non-hydrogen) atoms. The maximum Gasteiger partial charge on any atom is 0.0643 e. The summed E-state index contributed by atoms with van der Waals surface area (Å²) in [5.74, 6) is 0. The van der Waals surface area contributed by atoms with Gasteiger partial charge in [0.1, 0.15) is 0 Å². The number of aromatic nitrogens is 2. The smallest absolute Gasteiger partial charge is 0.0643 e. The highest BCUT2D eigenvalue weighted by molar-refractivity contribution is 6.31. The first kappa shape index (κ1) is 14.6. The van der Waals surface area contributed by atoms with E-state index in [-0.39, 0.29) is 6.04 Å². The maximum atomic E-state index is 6.31. The van der Waals surface area contributed by atoms with Crippen molar-refractivity contribution in [3.8, 4) is 0 Å². The summed E-state index contributed by atoms with van der Waals surface area (Å²) in [4.78, 5) is 0. The summed E-state index contributed by atoms with van der Waals surface area (Å²) in [7, 11) is 0. The summed E-state index contributed by atoms with van der Waals surface area (Å²) >= 11 is 6.29. The zero-order chi connectivity index (χ0) is 14.8. The van der Waals surface area contributed by atoms with Crippen molar-refractivity contribution in [1.29, 1.82) is 0 Å². The molecule has 112 valence electrons. The summed E-state index contributed by atoms with van der Waals surface area (Å²) in [6.45, 7) is 2.03. The van der Waals surface area contributed by atoms with E-state index in [1.807, 2.05) is 19.1 Å². The van der Waals surface area contributed by atoms with Crippen LogP contribution in [0.15, 0.2) is 30.5 Å². The van der Waals surface area contributed by atoms with Crippen LogP contribution in [0, 0.1) is 6.92 Å². The lowest BCUT2D eigenvalue weighted by molar-refractivity contribution is 0.461. The molecule has 1 fully saturated rings. The van der Waals surface area contributed by atoms with Crippen LogP contribution in [0.5, 0.6) is 0 Å². The third-order valence-electron chi connectivity index (χ3n) is 4.35. The third-order valence-corrected chi connectivity index (χ3v) is 4.67. The van der Waals surface area contributed by atoms with Crippen LogP contribution in [0.4, 0.5) is 0 Å². The zero-order valence-electron chi connectivity index (χ0n) is 12.4. The van der Waals surface area contributed by atoms with E-state index in [0.29, 0.717) is 6.04 Å². The average Bonchev–Trinajstić information content (AvgIpc) is 3.08. The van der Waals surface area contributed by atoms with Gasteiger partial charge in [-0.05, 0) is 43.0 Å². The fourth-order valence-corrected chi connectivity index (χ4v) is 3.50. The number of rotatable bonds is 4. The molecule has 1 atom stereocenters. The van der Waals surface area contributed by atoms with E-state index in [0.717, 1.165) is 28.3 Å². The highest BCUT2D eigenvalue weighted by Crippen LogP contribution is 2.29. The van der Waals surface area contributed by atoms with Crippen LogP contribution in [-0.2, 0) is 6.42 Å². The van der Waals surface area contributed by atoms with Gasteiger partial charge in [0.2, 0.25) is 0 Å². The number of hydrogen-bond acceptors (Lipinski definition) is 2. The molecule has 1 aromatic heterocycles. The van der Waals surface area contributed by atoms with E-state index in [4.69, 9.17) is 22.4 Å². The normalized spacial score (nSPS) is 17.3. The highest BCUT2D eigenvalue weighted by atomic mass is 35.5. The zero-order valence-corrected chi connectivity index (χ0v) is 13.2. The van der Waals surface area contributed by atoms with Crippen molar-refractivity contribution in [3.05, 3.63) is 52.3 Å². The Bertz CT molecular complexity index is 614. The Kier molecular flexibility index (Phi) is 4.32. The molecule has 1 aliphatic carbocycles. The molecule has 2 N–H and O–H groups in total. The van der Waals surface area contributed by atoms with E-state index in [1.165, 1.54) is 25.7 Å². The molecule has 1 heterocycles. The third kappa shape index (κ3) is 3.30. The summed E-state index contributed by atoms with van der Waals surface area (Å²) in [5, 5.41) is 5.45. The van der Waals surface area contributed by atoms with E-state index in [1.54, 1.807) is 0 Å². The fraction of sp³-hybridized carbons (Fsp3) is 0.471. The Morgan fingerprint density at radius 1 is 1.33 bits per heavy atom. The Labute approximate surface area is 131 Å². The quantitative estimate of drug-likeness (QED) is 0.920. The number of nitrogens with two attached hydrogens (primary N) is 1. The Hall–Kier alpha value is -1.32. The van der Waals surface area contributed by atoms with Crippen LogP contribution in [0.1, 0.15) is 54.6 Å². The SMILES string of the molecule is Cc1ccc(C(N)Cc2ccn(C3CCCC3)n2)c(Cl)c1. The van der Waals surface area contributed by atoms with Crippen LogP contribution < -0.4 is 5.73 Å². The summed E-state index contributed by atoms with van der Waals surface area (Å²) in [6.07, 6.45) is 7.95. The van der Waals surface area contributed by atoms with Gasteiger partial charge in [0, 0.05) is 23.7 Å². The standard InChI is InChI=1S/C17H22ClN3/c1-12-6-7-15(16(18)10-12)17(19)11-13-8-9-21(20-13)14-4-2-3-5-14/h6-10,14,17H,2-5,11,19H2,1H3. The number of hydrogen-bond donors (Lipinski definition) is 1. The first-order valence-corrected chi connectivity index (χ1v) is 8.07. The molecule has 1 unspecified atom stereocenters. The second-order valence-corrected chi connectivity index (χ2v) is 6.47. The molecule has 0 aliphatic heterocycles. The van der Waals surface area contributed by atoms with Gasteiger partial charge < -0.3 is 5.73 Å². The van der Waals surface area contributed by atoms with E-state index < -0.39 is 0 Å². The van der Waals surface area contributed by atoms with Gasteiger partial charge in [-0.2, -0.15) is 5.10 Å². The number of nitrogens with zero attached hydrogens (tertiary/aromatic N) is 2. The monoisotopic (exact) mass is 303 g/mol. The summed E-state index contributed by atoms with van der Waals surface area (Å²) in [6, 6.07) is 8.60. The molecule has 2 aromatic rings. The van der Waals surface area contributed by atoms with Gasteiger partial charge in [-0.25, -0.2) is 0 Å². The largest absolute Gasteiger partial charge is 0.324 e. The van der Waals surface area contributed by atoms with Crippen molar-refractivity contribution in [2.45, 2.75) is 51.1 Å². The lowest BCUT2D eigenvalue weighted by atomic mass is 10.0. The van der Waals surface area contributed by atoms with Crippen molar-refractivity contribution < 1.29 is 0 Å². The first-order chi connectivity index (χ1) is 10.1. The molecule has 0 amide bonds. The molecule has 3 nitrogen and oxygen atoms in total. The van der Waals surface area contributed by atoms with E-state index in [2.05, 4.69) is 23.0 Å². The predicted molar refractivity (Wildman–Crippen MR) is 86.6 cm³/mol. The first-order valence-electron chi connectivity index (χ1n) is 7.69. The van der Waals surface area contributed by atoms with Gasteiger partial charge in [-0.15, -0.1) is 0 Å². The molecule has 1 aliphatic rings. The molecule has 0 bridgehead atoms. The maximum absolute atomic E-state index is 6.31. The highest BCUT2D eigenvalue weighted by Gasteiger charge is 2.18. The lowest BCUT2D eigenvalue weighted by Crippen LogP contribution is -2.15. The van der Waals surface area contributed by atoms with Crippen LogP contribution in [0.3, 0.4) is 0 Å². The lowest BCUT2D eigenvalue weighted by Gasteiger charge is -2.13. The molecule has 4 heteroatoms. The average molecular weight is 304 g/mol. The molecule has 0 spiro atoms. The number of halogens is 1. The summed E-state index contributed by atoms with van der Waals surface area (Å²) in [5.41, 5.74) is 9.51. The van der Waals surface area contributed by atoms with Crippen molar-refractivity contribution >= 4 is 11.6 Å². The van der Waals surface area contributed by atoms with Crippen molar-refractivity contribution in [2.75, 3.05) is 0 Å². The second-order valence-electron chi connectivity index (χ2n) is 6.06. The Morgan fingerprint density at radius 3 is 2.81 bits per heavy atom. The van der Waals surface area contributed by atoms with Crippen molar-refractivity contribution in [3.63, 3.8) is 0 Å². The van der Waals surface area contributed by atoms with Crippen molar-refractivity contribution in [2.24, 2.45) is 5.73 Å². The Balaban J connectivity index is 1.70. The van der Waals surface area contributed by atoms with E-state index >= 15 is 0 Å². The molecule has 1 saturated carbocycles. The number of benzene rings is 1. The van der Waals surface area contributed by atoms with Gasteiger partial charge >= 0.3 is 0 Å². The minimum Gasteiger partial charge on any atom is -0.324 e. The minimum absolute atomic E-state index is 0.106.